The molecule has 2 nitrogen and oxygen atoms in total. The largest absolute Gasteiger partial charge is 0.490 e. The Labute approximate surface area is 186 Å². The second kappa shape index (κ2) is 11.2. The number of benzene rings is 2. The lowest BCUT2D eigenvalue weighted by Gasteiger charge is -2.17. The first kappa shape index (κ1) is 23.9. The number of rotatable bonds is 10. The minimum atomic E-state index is -1.02. The molecule has 0 unspecified atom stereocenters. The van der Waals surface area contributed by atoms with Gasteiger partial charge in [0.25, 0.3) is 0 Å². The maximum absolute atomic E-state index is 14.7. The summed E-state index contributed by atoms with van der Waals surface area (Å²) in [6, 6.07) is 5.83. The maximum atomic E-state index is 14.7. The van der Waals surface area contributed by atoms with E-state index in [1.807, 2.05) is 6.92 Å². The highest BCUT2D eigenvalue weighted by Crippen LogP contribution is 2.36. The van der Waals surface area contributed by atoms with E-state index >= 15 is 0 Å². The second-order valence-electron chi connectivity index (χ2n) is 7.75. The number of allylic oxidation sites excluding steroid dienone is 4. The molecule has 6 heteroatoms. The highest BCUT2D eigenvalue weighted by Gasteiger charge is 2.21. The van der Waals surface area contributed by atoms with Gasteiger partial charge >= 0.3 is 0 Å². The first-order valence-electron chi connectivity index (χ1n) is 11.1. The molecule has 0 fully saturated rings. The van der Waals surface area contributed by atoms with Crippen LogP contribution in [0.4, 0.5) is 17.6 Å². The van der Waals surface area contributed by atoms with Gasteiger partial charge in [-0.05, 0) is 61.1 Å². The lowest BCUT2D eigenvalue weighted by atomic mass is 9.90. The molecule has 0 saturated heterocycles. The van der Waals surface area contributed by atoms with E-state index < -0.39 is 23.3 Å². The molecule has 0 spiro atoms. The Morgan fingerprint density at radius 2 is 1.12 bits per heavy atom. The monoisotopic (exact) mass is 448 g/mol. The molecule has 32 heavy (non-hydrogen) atoms. The molecule has 0 atom stereocenters. The molecule has 0 amide bonds. The van der Waals surface area contributed by atoms with E-state index in [1.165, 1.54) is 24.3 Å². The van der Waals surface area contributed by atoms with Crippen molar-refractivity contribution in [3.63, 3.8) is 0 Å². The zero-order valence-electron chi connectivity index (χ0n) is 18.4. The van der Waals surface area contributed by atoms with Gasteiger partial charge in [0.1, 0.15) is 0 Å². The summed E-state index contributed by atoms with van der Waals surface area (Å²) in [6.45, 7) is 4.56. The SMILES string of the molecule is CCCCCOc1ccc(C2=CCC(c3ccc(OCCC)c(F)c3F)=CC2)c(F)c1F. The molecule has 0 radical (unpaired) electrons. The number of hydrogen-bond acceptors (Lipinski definition) is 2. The Kier molecular flexibility index (Phi) is 8.37. The van der Waals surface area contributed by atoms with Gasteiger partial charge in [0.2, 0.25) is 11.6 Å². The van der Waals surface area contributed by atoms with Gasteiger partial charge < -0.3 is 9.47 Å². The Balaban J connectivity index is 1.73. The summed E-state index contributed by atoms with van der Waals surface area (Å²) in [7, 11) is 0. The summed E-state index contributed by atoms with van der Waals surface area (Å²) < 4.78 is 68.6. The summed E-state index contributed by atoms with van der Waals surface area (Å²) in [5.74, 6) is -4.17. The van der Waals surface area contributed by atoms with Crippen molar-refractivity contribution in [1.29, 1.82) is 0 Å². The quantitative estimate of drug-likeness (QED) is 0.272. The van der Waals surface area contributed by atoms with Crippen LogP contribution >= 0.6 is 0 Å². The van der Waals surface area contributed by atoms with Crippen LogP contribution in [0.1, 0.15) is 63.5 Å². The lowest BCUT2D eigenvalue weighted by molar-refractivity contribution is 0.286. The minimum Gasteiger partial charge on any atom is -0.490 e. The second-order valence-corrected chi connectivity index (χ2v) is 7.75. The van der Waals surface area contributed by atoms with E-state index in [4.69, 9.17) is 9.47 Å². The molecule has 0 aromatic heterocycles. The predicted octanol–water partition coefficient (Wildman–Crippen LogP) is 7.86. The molecule has 0 saturated carbocycles. The van der Waals surface area contributed by atoms with E-state index in [9.17, 15) is 17.6 Å². The van der Waals surface area contributed by atoms with Crippen LogP contribution in [0.5, 0.6) is 11.5 Å². The average molecular weight is 449 g/mol. The van der Waals surface area contributed by atoms with Crippen LogP contribution in [-0.2, 0) is 0 Å². The maximum Gasteiger partial charge on any atom is 0.201 e. The topological polar surface area (TPSA) is 18.5 Å². The van der Waals surface area contributed by atoms with E-state index in [-0.39, 0.29) is 35.5 Å². The van der Waals surface area contributed by atoms with Gasteiger partial charge in [-0.3, -0.25) is 0 Å². The third-order valence-electron chi connectivity index (χ3n) is 5.39. The Hall–Kier alpha value is -2.76. The Bertz CT molecular complexity index is 1010. The minimum absolute atomic E-state index is 0.0991. The molecule has 2 aromatic carbocycles. The fourth-order valence-corrected chi connectivity index (χ4v) is 3.60. The van der Waals surface area contributed by atoms with Crippen LogP contribution in [0, 0.1) is 23.3 Å². The first-order valence-corrected chi connectivity index (χ1v) is 11.1. The highest BCUT2D eigenvalue weighted by molar-refractivity contribution is 5.78. The number of hydrogen-bond donors (Lipinski definition) is 0. The lowest BCUT2D eigenvalue weighted by Crippen LogP contribution is -2.04. The van der Waals surface area contributed by atoms with Crippen LogP contribution in [-0.4, -0.2) is 13.2 Å². The molecule has 1 aliphatic rings. The fraction of sp³-hybridized carbons (Fsp3) is 0.385. The van der Waals surface area contributed by atoms with Crippen molar-refractivity contribution in [2.75, 3.05) is 13.2 Å². The van der Waals surface area contributed by atoms with Crippen molar-refractivity contribution in [2.45, 2.75) is 52.4 Å². The van der Waals surface area contributed by atoms with Gasteiger partial charge in [-0.1, -0.05) is 38.8 Å². The highest BCUT2D eigenvalue weighted by atomic mass is 19.2. The standard InChI is InChI=1S/C26H28F4O2/c1-3-5-6-16-32-22-14-12-20(24(28)26(22)30)18-9-7-17(8-10-18)19-11-13-21(31-15-4-2)25(29)23(19)27/h7,10-14H,3-6,8-9,15-16H2,1-2H3. The van der Waals surface area contributed by atoms with Crippen LogP contribution in [0.3, 0.4) is 0 Å². The summed E-state index contributed by atoms with van der Waals surface area (Å²) in [6.07, 6.45) is 7.42. The van der Waals surface area contributed by atoms with Crippen molar-refractivity contribution >= 4 is 11.1 Å². The molecule has 1 aliphatic carbocycles. The molecule has 0 aliphatic heterocycles. The summed E-state index contributed by atoms with van der Waals surface area (Å²) in [5, 5.41) is 0. The number of ether oxygens (including phenoxy) is 2. The van der Waals surface area contributed by atoms with Crippen molar-refractivity contribution in [2.24, 2.45) is 0 Å². The van der Waals surface area contributed by atoms with Gasteiger partial charge in [-0.15, -0.1) is 0 Å². The van der Waals surface area contributed by atoms with Crippen LogP contribution in [0.2, 0.25) is 0 Å². The van der Waals surface area contributed by atoms with E-state index in [2.05, 4.69) is 6.92 Å². The summed E-state index contributed by atoms with van der Waals surface area (Å²) in [5.41, 5.74) is 1.47. The number of unbranched alkanes of at least 4 members (excludes halogenated alkanes) is 2. The molecule has 0 N–H and O–H groups in total. The zero-order valence-corrected chi connectivity index (χ0v) is 18.4. The van der Waals surface area contributed by atoms with Crippen molar-refractivity contribution in [3.8, 4) is 11.5 Å². The van der Waals surface area contributed by atoms with Crippen LogP contribution < -0.4 is 9.47 Å². The molecule has 2 aromatic rings. The first-order chi connectivity index (χ1) is 15.5. The third kappa shape index (κ3) is 5.34. The predicted molar refractivity (Wildman–Crippen MR) is 119 cm³/mol. The third-order valence-corrected chi connectivity index (χ3v) is 5.39. The number of halogens is 4. The molecular formula is C26H28F4O2. The van der Waals surface area contributed by atoms with Crippen molar-refractivity contribution in [3.05, 3.63) is 70.8 Å². The van der Waals surface area contributed by atoms with E-state index in [0.717, 1.165) is 19.3 Å². The molecule has 0 bridgehead atoms. The molecule has 3 rings (SSSR count). The Morgan fingerprint density at radius 3 is 1.56 bits per heavy atom. The van der Waals surface area contributed by atoms with Crippen molar-refractivity contribution in [1.82, 2.24) is 0 Å². The smallest absolute Gasteiger partial charge is 0.201 e. The van der Waals surface area contributed by atoms with Crippen LogP contribution in [0.25, 0.3) is 11.1 Å². The Morgan fingerprint density at radius 1 is 0.625 bits per heavy atom. The van der Waals surface area contributed by atoms with Crippen LogP contribution in [0.15, 0.2) is 36.4 Å². The fourth-order valence-electron chi connectivity index (χ4n) is 3.60. The molecule has 0 heterocycles. The summed E-state index contributed by atoms with van der Waals surface area (Å²) in [4.78, 5) is 0. The van der Waals surface area contributed by atoms with E-state index in [1.54, 1.807) is 12.2 Å². The van der Waals surface area contributed by atoms with Gasteiger partial charge in [0.05, 0.1) is 13.2 Å². The summed E-state index contributed by atoms with van der Waals surface area (Å²) >= 11 is 0. The van der Waals surface area contributed by atoms with Gasteiger partial charge in [-0.2, -0.15) is 8.78 Å². The normalized spacial score (nSPS) is 13.6. The van der Waals surface area contributed by atoms with Gasteiger partial charge in [0.15, 0.2) is 23.1 Å². The molecular weight excluding hydrogens is 420 g/mol. The van der Waals surface area contributed by atoms with E-state index in [0.29, 0.717) is 30.8 Å². The van der Waals surface area contributed by atoms with Gasteiger partial charge in [-0.25, -0.2) is 8.78 Å². The van der Waals surface area contributed by atoms with Gasteiger partial charge in [0, 0.05) is 11.1 Å². The zero-order chi connectivity index (χ0) is 23.1. The molecule has 172 valence electrons. The average Bonchev–Trinajstić information content (AvgIpc) is 2.81. The van der Waals surface area contributed by atoms with Crippen molar-refractivity contribution < 1.29 is 27.0 Å².